The zero-order valence-corrected chi connectivity index (χ0v) is 14.9. The highest BCUT2D eigenvalue weighted by molar-refractivity contribution is 6.32. The monoisotopic (exact) mass is 368 g/mol. The Labute approximate surface area is 150 Å². The quantitative estimate of drug-likeness (QED) is 0.775. The van der Waals surface area contributed by atoms with Gasteiger partial charge in [-0.25, -0.2) is 4.79 Å². The lowest BCUT2D eigenvalue weighted by Crippen LogP contribution is -2.28. The molecule has 2 aromatic carbocycles. The van der Waals surface area contributed by atoms with Gasteiger partial charge in [0.25, 0.3) is 0 Å². The van der Waals surface area contributed by atoms with Gasteiger partial charge >= 0.3 is 6.03 Å². The zero-order valence-electron chi connectivity index (χ0n) is 13.4. The van der Waals surface area contributed by atoms with E-state index in [0.717, 1.165) is 5.56 Å². The molecule has 0 saturated carbocycles. The van der Waals surface area contributed by atoms with Crippen molar-refractivity contribution in [1.82, 2.24) is 5.32 Å². The number of nitrogens with one attached hydrogen (secondary N) is 2. The average molecular weight is 369 g/mol. The summed E-state index contributed by atoms with van der Waals surface area (Å²) < 4.78 is 10.7. The van der Waals surface area contributed by atoms with Crippen molar-refractivity contribution in [2.45, 2.75) is 13.5 Å². The Morgan fingerprint density at radius 1 is 1.21 bits per heavy atom. The zero-order chi connectivity index (χ0) is 17.5. The third-order valence-corrected chi connectivity index (χ3v) is 3.63. The van der Waals surface area contributed by atoms with Crippen LogP contribution in [0.15, 0.2) is 36.4 Å². The minimum Gasteiger partial charge on any atom is -0.493 e. The first-order valence-corrected chi connectivity index (χ1v) is 8.08. The summed E-state index contributed by atoms with van der Waals surface area (Å²) in [4.78, 5) is 12.0. The van der Waals surface area contributed by atoms with Gasteiger partial charge in [0, 0.05) is 17.3 Å². The highest BCUT2D eigenvalue weighted by Crippen LogP contribution is 2.36. The SMILES string of the molecule is CCOc1c(Cl)cc(CNC(=O)Nc2cccc(Cl)c2)cc1OC. The first-order chi connectivity index (χ1) is 11.5. The maximum absolute atomic E-state index is 12.0. The second-order valence-electron chi connectivity index (χ2n) is 4.86. The summed E-state index contributed by atoms with van der Waals surface area (Å²) in [5, 5.41) is 6.44. The Hall–Kier alpha value is -2.11. The van der Waals surface area contributed by atoms with Gasteiger partial charge in [-0.15, -0.1) is 0 Å². The number of hydrogen-bond acceptors (Lipinski definition) is 3. The number of hydrogen-bond donors (Lipinski definition) is 2. The maximum atomic E-state index is 12.0. The second kappa shape index (κ2) is 8.66. The molecule has 0 aliphatic carbocycles. The van der Waals surface area contributed by atoms with E-state index < -0.39 is 0 Å². The number of amides is 2. The Balaban J connectivity index is 2.01. The van der Waals surface area contributed by atoms with Crippen molar-refractivity contribution in [3.05, 3.63) is 52.0 Å². The number of methoxy groups -OCH3 is 1. The fourth-order valence-electron chi connectivity index (χ4n) is 2.08. The Morgan fingerprint density at radius 2 is 2.00 bits per heavy atom. The minimum atomic E-state index is -0.346. The van der Waals surface area contributed by atoms with E-state index in [1.54, 1.807) is 36.4 Å². The van der Waals surface area contributed by atoms with E-state index in [1.807, 2.05) is 6.92 Å². The molecule has 0 bridgehead atoms. The molecule has 7 heteroatoms. The van der Waals surface area contributed by atoms with Gasteiger partial charge in [-0.05, 0) is 42.8 Å². The molecule has 0 spiro atoms. The lowest BCUT2D eigenvalue weighted by Gasteiger charge is -2.14. The normalized spacial score (nSPS) is 10.2. The van der Waals surface area contributed by atoms with Gasteiger partial charge in [-0.3, -0.25) is 0 Å². The highest BCUT2D eigenvalue weighted by atomic mass is 35.5. The van der Waals surface area contributed by atoms with Gasteiger partial charge in [0.05, 0.1) is 18.7 Å². The second-order valence-corrected chi connectivity index (χ2v) is 5.70. The van der Waals surface area contributed by atoms with Crippen LogP contribution in [0.1, 0.15) is 12.5 Å². The molecule has 0 aliphatic rings. The number of carbonyl (C=O) groups excluding carboxylic acids is 1. The molecule has 2 N–H and O–H groups in total. The first-order valence-electron chi connectivity index (χ1n) is 7.33. The van der Waals surface area contributed by atoms with E-state index >= 15 is 0 Å². The molecule has 5 nitrogen and oxygen atoms in total. The van der Waals surface area contributed by atoms with Gasteiger partial charge in [0.2, 0.25) is 0 Å². The fraction of sp³-hybridized carbons (Fsp3) is 0.235. The summed E-state index contributed by atoms with van der Waals surface area (Å²) in [6.07, 6.45) is 0. The van der Waals surface area contributed by atoms with Gasteiger partial charge in [0.15, 0.2) is 11.5 Å². The Morgan fingerprint density at radius 3 is 2.67 bits per heavy atom. The lowest BCUT2D eigenvalue weighted by atomic mass is 10.2. The molecule has 128 valence electrons. The standard InChI is InChI=1S/C17H18Cl2N2O3/c1-3-24-16-14(19)7-11(8-15(16)23-2)10-20-17(22)21-13-6-4-5-12(18)9-13/h4-9H,3,10H2,1-2H3,(H2,20,21,22). The summed E-state index contributed by atoms with van der Waals surface area (Å²) in [5.41, 5.74) is 1.41. The van der Waals surface area contributed by atoms with E-state index in [2.05, 4.69) is 10.6 Å². The molecule has 0 heterocycles. The van der Waals surface area contributed by atoms with Crippen LogP contribution in [0.4, 0.5) is 10.5 Å². The fourth-order valence-corrected chi connectivity index (χ4v) is 2.56. The van der Waals surface area contributed by atoms with E-state index in [0.29, 0.717) is 33.8 Å². The topological polar surface area (TPSA) is 59.6 Å². The predicted octanol–water partition coefficient (Wildman–Crippen LogP) is 4.72. The van der Waals surface area contributed by atoms with Crippen LogP contribution in [0.5, 0.6) is 11.5 Å². The van der Waals surface area contributed by atoms with Crippen molar-refractivity contribution < 1.29 is 14.3 Å². The molecule has 0 unspecified atom stereocenters. The van der Waals surface area contributed by atoms with Crippen molar-refractivity contribution in [3.8, 4) is 11.5 Å². The van der Waals surface area contributed by atoms with Crippen LogP contribution < -0.4 is 20.1 Å². The molecule has 0 fully saturated rings. The molecule has 24 heavy (non-hydrogen) atoms. The van der Waals surface area contributed by atoms with Gasteiger partial charge < -0.3 is 20.1 Å². The third kappa shape index (κ3) is 4.94. The molecular weight excluding hydrogens is 351 g/mol. The van der Waals surface area contributed by atoms with Crippen LogP contribution >= 0.6 is 23.2 Å². The van der Waals surface area contributed by atoms with Crippen molar-refractivity contribution in [3.63, 3.8) is 0 Å². The van der Waals surface area contributed by atoms with Crippen LogP contribution in [0.2, 0.25) is 10.0 Å². The van der Waals surface area contributed by atoms with Crippen LogP contribution in [0.25, 0.3) is 0 Å². The van der Waals surface area contributed by atoms with Crippen molar-refractivity contribution >= 4 is 34.9 Å². The van der Waals surface area contributed by atoms with E-state index in [-0.39, 0.29) is 12.6 Å². The van der Waals surface area contributed by atoms with Crippen LogP contribution in [0.3, 0.4) is 0 Å². The first kappa shape index (κ1) is 18.2. The maximum Gasteiger partial charge on any atom is 0.319 e. The predicted molar refractivity (Wildman–Crippen MR) is 96.5 cm³/mol. The number of benzene rings is 2. The Bertz CT molecular complexity index is 723. The molecule has 2 aromatic rings. The summed E-state index contributed by atoms with van der Waals surface area (Å²) in [6, 6.07) is 10.1. The lowest BCUT2D eigenvalue weighted by molar-refractivity contribution is 0.251. The van der Waals surface area contributed by atoms with Crippen molar-refractivity contribution in [1.29, 1.82) is 0 Å². The average Bonchev–Trinajstić information content (AvgIpc) is 2.55. The van der Waals surface area contributed by atoms with E-state index in [4.69, 9.17) is 32.7 Å². The summed E-state index contributed by atoms with van der Waals surface area (Å²) in [7, 11) is 1.54. The smallest absolute Gasteiger partial charge is 0.319 e. The summed E-state index contributed by atoms with van der Waals surface area (Å²) in [5.74, 6) is 1.02. The van der Waals surface area contributed by atoms with Crippen molar-refractivity contribution in [2.75, 3.05) is 19.0 Å². The van der Waals surface area contributed by atoms with E-state index in [9.17, 15) is 4.79 Å². The van der Waals surface area contributed by atoms with Gasteiger partial charge in [-0.2, -0.15) is 0 Å². The molecule has 0 atom stereocenters. The molecular formula is C17H18Cl2N2O3. The number of ether oxygens (including phenoxy) is 2. The molecule has 2 rings (SSSR count). The molecule has 0 aromatic heterocycles. The van der Waals surface area contributed by atoms with Crippen LogP contribution in [0, 0.1) is 0 Å². The molecule has 0 aliphatic heterocycles. The number of halogens is 2. The summed E-state index contributed by atoms with van der Waals surface area (Å²) >= 11 is 12.1. The molecule has 0 radical (unpaired) electrons. The third-order valence-electron chi connectivity index (χ3n) is 3.11. The minimum absolute atomic E-state index is 0.287. The molecule has 2 amide bonds. The summed E-state index contributed by atoms with van der Waals surface area (Å²) in [6.45, 7) is 2.63. The largest absolute Gasteiger partial charge is 0.493 e. The highest BCUT2D eigenvalue weighted by Gasteiger charge is 2.12. The molecule has 0 saturated heterocycles. The van der Waals surface area contributed by atoms with E-state index in [1.165, 1.54) is 7.11 Å². The number of rotatable bonds is 6. The van der Waals surface area contributed by atoms with Gasteiger partial charge in [-0.1, -0.05) is 29.3 Å². The van der Waals surface area contributed by atoms with Gasteiger partial charge in [0.1, 0.15) is 0 Å². The Kier molecular flexibility index (Phi) is 6.58. The van der Waals surface area contributed by atoms with Crippen LogP contribution in [-0.2, 0) is 6.54 Å². The number of anilines is 1. The number of carbonyl (C=O) groups is 1. The number of urea groups is 1. The van der Waals surface area contributed by atoms with Crippen LogP contribution in [-0.4, -0.2) is 19.7 Å². The van der Waals surface area contributed by atoms with Crippen molar-refractivity contribution in [2.24, 2.45) is 0 Å².